The number of carboxylic acids is 1. The lowest BCUT2D eigenvalue weighted by atomic mass is 10.0. The summed E-state index contributed by atoms with van der Waals surface area (Å²) in [5.41, 5.74) is 21.7. The van der Waals surface area contributed by atoms with E-state index in [1.165, 1.54) is 30.6 Å². The fraction of sp³-hybridized carbons (Fsp3) is 0.739. The molecule has 0 unspecified atom stereocenters. The van der Waals surface area contributed by atoms with Gasteiger partial charge in [0.15, 0.2) is 5.96 Å². The van der Waals surface area contributed by atoms with Crippen molar-refractivity contribution in [1.82, 2.24) is 47.0 Å². The molecule has 0 spiro atoms. The van der Waals surface area contributed by atoms with E-state index in [0.717, 1.165) is 0 Å². The number of nitrogens with zero attached hydrogens (tertiary/aromatic N) is 3. The van der Waals surface area contributed by atoms with Gasteiger partial charge in [0.05, 0.1) is 18.8 Å². The summed E-state index contributed by atoms with van der Waals surface area (Å²) in [6.07, 6.45) is -0.568. The van der Waals surface area contributed by atoms with Crippen molar-refractivity contribution in [3.8, 4) is 0 Å². The number of nitrogens with one attached hydrogen (secondary N) is 7. The van der Waals surface area contributed by atoms with Gasteiger partial charge in [-0.3, -0.25) is 52.9 Å². The molecule has 0 aliphatic carbocycles. The third-order valence-electron chi connectivity index (χ3n) is 12.2. The predicted molar refractivity (Wildman–Crippen MR) is 266 cm³/mol. The largest absolute Gasteiger partial charge is 0.480 e. The summed E-state index contributed by atoms with van der Waals surface area (Å²) in [7, 11) is 0. The van der Waals surface area contributed by atoms with Crippen LogP contribution in [0, 0.1) is 11.8 Å². The number of hydrogen-bond donors (Lipinski definition) is 14. The van der Waals surface area contributed by atoms with E-state index in [2.05, 4.69) is 42.2 Å². The molecule has 0 aromatic rings. The molecule has 2 aliphatic rings. The van der Waals surface area contributed by atoms with Crippen molar-refractivity contribution in [2.45, 2.75) is 179 Å². The number of aliphatic imine (C=N–C) groups is 1. The van der Waals surface area contributed by atoms with Gasteiger partial charge in [-0.15, -0.1) is 0 Å². The van der Waals surface area contributed by atoms with Crippen molar-refractivity contribution in [2.24, 2.45) is 39.8 Å². The van der Waals surface area contributed by atoms with Gasteiger partial charge in [0.25, 0.3) is 0 Å². The van der Waals surface area contributed by atoms with E-state index in [1.807, 2.05) is 0 Å². The number of carbonyl (C=O) groups excluding carboxylic acids is 10. The van der Waals surface area contributed by atoms with Crippen LogP contribution in [0.4, 0.5) is 0 Å². The number of amides is 10. The number of hydrogen-bond acceptors (Lipinski definition) is 15. The minimum Gasteiger partial charge on any atom is -0.480 e. The summed E-state index contributed by atoms with van der Waals surface area (Å²) in [6.45, 7) is 10.4. The molecule has 2 saturated heterocycles. The number of aliphatic hydroxyl groups excluding tert-OH is 2. The van der Waals surface area contributed by atoms with Gasteiger partial charge in [0, 0.05) is 26.1 Å². The monoisotopic (exact) mass is 1050 g/mol. The highest BCUT2D eigenvalue weighted by Crippen LogP contribution is 2.27. The molecule has 2 fully saturated rings. The molecule has 0 bridgehead atoms. The van der Waals surface area contributed by atoms with Gasteiger partial charge in [-0.1, -0.05) is 27.7 Å². The number of rotatable bonds is 30. The molecule has 0 radical (unpaired) electrons. The molecule has 2 rings (SSSR count). The third-order valence-corrected chi connectivity index (χ3v) is 12.2. The van der Waals surface area contributed by atoms with Crippen LogP contribution in [0.3, 0.4) is 0 Å². The highest BCUT2D eigenvalue weighted by atomic mass is 16.4. The summed E-state index contributed by atoms with van der Waals surface area (Å²) in [5, 5.41) is 47.2. The van der Waals surface area contributed by atoms with Gasteiger partial charge in [-0.05, 0) is 90.4 Å². The van der Waals surface area contributed by atoms with Gasteiger partial charge < -0.3 is 85.3 Å². The van der Waals surface area contributed by atoms with Gasteiger partial charge in [-0.25, -0.2) is 4.79 Å². The summed E-state index contributed by atoms with van der Waals surface area (Å²) in [5.74, 6) is -9.87. The zero-order valence-corrected chi connectivity index (χ0v) is 43.4. The topological polar surface area (TPSA) is 456 Å². The van der Waals surface area contributed by atoms with Crippen LogP contribution in [-0.2, 0) is 52.7 Å². The van der Waals surface area contributed by atoms with Gasteiger partial charge in [0.1, 0.15) is 54.4 Å². The van der Waals surface area contributed by atoms with E-state index in [9.17, 15) is 68.1 Å². The molecule has 0 aromatic carbocycles. The van der Waals surface area contributed by atoms with E-state index in [0.29, 0.717) is 12.8 Å². The number of carboxylic acid groups (broad SMARTS) is 1. The fourth-order valence-electron chi connectivity index (χ4n) is 8.33. The predicted octanol–water partition coefficient (Wildman–Crippen LogP) is -5.40. The smallest absolute Gasteiger partial charge is 0.326 e. The molecule has 74 heavy (non-hydrogen) atoms. The average molecular weight is 1050 g/mol. The Balaban J connectivity index is 2.29. The van der Waals surface area contributed by atoms with Crippen LogP contribution in [0.15, 0.2) is 4.99 Å². The molecule has 2 heterocycles. The zero-order chi connectivity index (χ0) is 56.1. The van der Waals surface area contributed by atoms with E-state index in [-0.39, 0.29) is 88.8 Å². The molecule has 28 nitrogen and oxygen atoms in total. The first-order valence-corrected chi connectivity index (χ1v) is 24.9. The Bertz CT molecular complexity index is 2030. The van der Waals surface area contributed by atoms with E-state index in [4.69, 9.17) is 22.9 Å². The molecule has 418 valence electrons. The van der Waals surface area contributed by atoms with Crippen LogP contribution >= 0.6 is 0 Å². The maximum atomic E-state index is 14.4. The SMILES string of the molecule is CC(C)C[C@H](NC(=O)[C@H](C)NC(=O)[C@H](CCCN=C(N)N)NC(=O)[C@@H]1CCCN1C(=O)[C@@H]1CCCN1C(=O)[C@H](CC(C)C)NC(=O)[C@H](CO)NC(=O)[C@@H](NC(=O)[C@H](C)N)[C@@H](C)O)C(=O)N[C@@H](CCC(N)=O)C(=O)O. The molecule has 18 N–H and O–H groups in total. The minimum atomic E-state index is -1.63. The molecule has 2 aliphatic heterocycles. The number of aliphatic hydroxyl groups is 2. The van der Waals surface area contributed by atoms with E-state index < -0.39 is 138 Å². The lowest BCUT2D eigenvalue weighted by molar-refractivity contribution is -0.148. The number of aliphatic carboxylic acids is 1. The second-order valence-electron chi connectivity index (χ2n) is 19.7. The number of primary amides is 1. The van der Waals surface area contributed by atoms with Crippen LogP contribution in [0.2, 0.25) is 0 Å². The van der Waals surface area contributed by atoms with Crippen LogP contribution < -0.4 is 60.2 Å². The van der Waals surface area contributed by atoms with Crippen LogP contribution in [0.25, 0.3) is 0 Å². The Morgan fingerprint density at radius 2 is 1.14 bits per heavy atom. The van der Waals surface area contributed by atoms with Crippen LogP contribution in [0.5, 0.6) is 0 Å². The van der Waals surface area contributed by atoms with Crippen molar-refractivity contribution in [3.05, 3.63) is 0 Å². The lowest BCUT2D eigenvalue weighted by Crippen LogP contribution is -2.61. The summed E-state index contributed by atoms with van der Waals surface area (Å²) in [4.78, 5) is 152. The Hall–Kier alpha value is -6.68. The van der Waals surface area contributed by atoms with Gasteiger partial charge in [-0.2, -0.15) is 0 Å². The Kier molecular flexibility index (Phi) is 26.1. The molecular weight excluding hydrogens is 973 g/mol. The standard InChI is InChI=1S/C46H80N14O14/c1-22(2)19-29(39(67)54-28(45(73)74)14-15-34(48)63)55-37(65)25(6)52-38(66)27(11-8-16-51-46(49)50)53-41(69)32-12-9-17-59(32)44(72)33-13-10-18-60(33)43(71)30(20-23(3)4)56-40(68)31(21-61)57-42(70)35(26(7)62)58-36(64)24(5)47/h22-33,35,61-62H,8-21,47H2,1-7H3,(H2,48,63)(H,52,66)(H,53,69)(H,54,67)(H,55,65)(H,56,68)(H,57,70)(H,58,64)(H,73,74)(H4,49,50,51)/t24-,25-,26+,27-,28-,29-,30-,31-,32-,33-,35-/m0/s1. The highest BCUT2D eigenvalue weighted by Gasteiger charge is 2.45. The van der Waals surface area contributed by atoms with Crippen molar-refractivity contribution in [1.29, 1.82) is 0 Å². The molecular formula is C46H80N14O14. The third kappa shape index (κ3) is 20.3. The first-order valence-electron chi connectivity index (χ1n) is 24.9. The zero-order valence-electron chi connectivity index (χ0n) is 43.4. The molecule has 0 aromatic heterocycles. The molecule has 10 amide bonds. The quantitative estimate of drug-likeness (QED) is 0.0181. The first-order chi connectivity index (χ1) is 34.6. The second kappa shape index (κ2) is 30.5. The van der Waals surface area contributed by atoms with Crippen LogP contribution in [-0.4, -0.2) is 189 Å². The number of guanidine groups is 1. The second-order valence-corrected chi connectivity index (χ2v) is 19.7. The fourth-order valence-corrected chi connectivity index (χ4v) is 8.33. The van der Waals surface area contributed by atoms with Crippen LogP contribution in [0.1, 0.15) is 113 Å². The Morgan fingerprint density at radius 1 is 0.608 bits per heavy atom. The lowest BCUT2D eigenvalue weighted by Gasteiger charge is -2.34. The first kappa shape index (κ1) is 63.4. The van der Waals surface area contributed by atoms with Crippen molar-refractivity contribution >= 4 is 71.0 Å². The number of nitrogens with two attached hydrogens (primary N) is 4. The molecule has 11 atom stereocenters. The van der Waals surface area contributed by atoms with E-state index >= 15 is 0 Å². The van der Waals surface area contributed by atoms with Crippen molar-refractivity contribution < 1.29 is 68.1 Å². The average Bonchev–Trinajstić information content (AvgIpc) is 4.02. The van der Waals surface area contributed by atoms with Gasteiger partial charge in [0.2, 0.25) is 59.1 Å². The maximum Gasteiger partial charge on any atom is 0.326 e. The van der Waals surface area contributed by atoms with Crippen molar-refractivity contribution in [2.75, 3.05) is 26.2 Å². The minimum absolute atomic E-state index is 0.0381. The summed E-state index contributed by atoms with van der Waals surface area (Å²) < 4.78 is 0. The Labute approximate surface area is 430 Å². The number of carbonyl (C=O) groups is 11. The van der Waals surface area contributed by atoms with E-state index in [1.54, 1.807) is 27.7 Å². The van der Waals surface area contributed by atoms with Crippen molar-refractivity contribution in [3.63, 3.8) is 0 Å². The summed E-state index contributed by atoms with van der Waals surface area (Å²) in [6, 6.07) is -12.9. The maximum absolute atomic E-state index is 14.4. The van der Waals surface area contributed by atoms with Gasteiger partial charge >= 0.3 is 5.97 Å². The molecule has 0 saturated carbocycles. The highest BCUT2D eigenvalue weighted by molar-refractivity contribution is 5.99. The summed E-state index contributed by atoms with van der Waals surface area (Å²) >= 11 is 0. The Morgan fingerprint density at radius 3 is 1.68 bits per heavy atom. The molecule has 28 heteroatoms. The number of likely N-dealkylation sites (tertiary alicyclic amines) is 2. The normalized spacial score (nSPS) is 19.0.